The fraction of sp³-hybridized carbons (Fsp3) is 0.250. The maximum Gasteiger partial charge on any atom is 1.00 e. The maximum absolute atomic E-state index is 5.52. The number of hydrogen-bond donors (Lipinski definition) is 0. The first-order chi connectivity index (χ1) is 10.9. The Hall–Kier alpha value is -0.424. The van der Waals surface area contributed by atoms with E-state index in [9.17, 15) is 0 Å². The summed E-state index contributed by atoms with van der Waals surface area (Å²) in [5.74, 6) is 0. The first kappa shape index (κ1) is 21.6. The molecule has 0 unspecified atom stereocenters. The summed E-state index contributed by atoms with van der Waals surface area (Å²) in [7, 11) is 0. The third-order valence-corrected chi connectivity index (χ3v) is 3.51. The van der Waals surface area contributed by atoms with Crippen molar-refractivity contribution in [1.82, 2.24) is 9.78 Å². The summed E-state index contributed by atoms with van der Waals surface area (Å²) in [4.78, 5) is 0. The van der Waals surface area contributed by atoms with Crippen LogP contribution in [0.1, 0.15) is 32.0 Å². The molecule has 1 aromatic heterocycles. The summed E-state index contributed by atoms with van der Waals surface area (Å²) in [6.45, 7) is 8.55. The molecule has 2 aromatic carbocycles. The van der Waals surface area contributed by atoms with Crippen LogP contribution in [0.3, 0.4) is 0 Å². The van der Waals surface area contributed by atoms with Crippen LogP contribution in [0.15, 0.2) is 54.6 Å². The van der Waals surface area contributed by atoms with Gasteiger partial charge in [-0.25, -0.2) is 0 Å². The third kappa shape index (κ3) is 6.83. The Morgan fingerprint density at radius 3 is 2.00 bits per heavy atom. The van der Waals surface area contributed by atoms with Crippen molar-refractivity contribution in [2.75, 3.05) is 0 Å². The fourth-order valence-corrected chi connectivity index (χ4v) is 1.97. The Kier molecular flexibility index (Phi) is 8.92. The van der Waals surface area contributed by atoms with E-state index in [-0.39, 0.29) is 56.8 Å². The molecule has 0 fully saturated rings. The van der Waals surface area contributed by atoms with Gasteiger partial charge in [0.05, 0.1) is 0 Å². The molecule has 0 saturated carbocycles. The minimum Gasteiger partial charge on any atom is -0.360 e. The van der Waals surface area contributed by atoms with E-state index in [1.54, 1.807) is 28.9 Å². The van der Waals surface area contributed by atoms with Gasteiger partial charge in [0.25, 0.3) is 0 Å². The van der Waals surface area contributed by atoms with Gasteiger partial charge in [0.15, 0.2) is 0 Å². The predicted octanol–water partition coefficient (Wildman–Crippen LogP) is 2.42. The van der Waals surface area contributed by atoms with E-state index in [2.05, 4.69) is 69.3 Å². The average Bonchev–Trinajstić information content (AvgIpc) is 2.99. The molecule has 3 rings (SSSR count). The first-order valence-electron chi connectivity index (χ1n) is 7.53. The Morgan fingerprint density at radius 1 is 1.00 bits per heavy atom. The monoisotopic (exact) mass is 363 g/mol. The zero-order valence-electron chi connectivity index (χ0n) is 15.0. The number of benzene rings is 2. The van der Waals surface area contributed by atoms with Gasteiger partial charge in [0.1, 0.15) is 0 Å². The summed E-state index contributed by atoms with van der Waals surface area (Å²) in [5, 5.41) is 5.31. The minimum absolute atomic E-state index is 0. The molecule has 0 spiro atoms. The minimum atomic E-state index is 0. The van der Waals surface area contributed by atoms with Crippen LogP contribution in [0.5, 0.6) is 0 Å². The molecule has 0 radical (unpaired) electrons. The van der Waals surface area contributed by atoms with Crippen molar-refractivity contribution in [3.8, 4) is 5.69 Å². The number of halogens is 1. The molecule has 4 heteroatoms. The van der Waals surface area contributed by atoms with Crippen LogP contribution >= 0.6 is 11.6 Å². The predicted molar refractivity (Wildman–Crippen MR) is 96.1 cm³/mol. The molecule has 0 saturated heterocycles. The van der Waals surface area contributed by atoms with Crippen molar-refractivity contribution < 1.29 is 51.4 Å². The van der Waals surface area contributed by atoms with Crippen LogP contribution in [0.4, 0.5) is 0 Å². The van der Waals surface area contributed by atoms with Crippen LogP contribution in [-0.2, 0) is 5.41 Å². The van der Waals surface area contributed by atoms with Gasteiger partial charge in [0, 0.05) is 0 Å². The molecule has 0 atom stereocenters. The van der Waals surface area contributed by atoms with E-state index in [0.29, 0.717) is 0 Å². The average molecular weight is 364 g/mol. The topological polar surface area (TPSA) is 17.8 Å². The molecule has 0 aliphatic carbocycles. The van der Waals surface area contributed by atoms with Gasteiger partial charge in [-0.2, -0.15) is 30.3 Å². The number of aryl methyl sites for hydroxylation is 1. The molecule has 0 bridgehead atoms. The van der Waals surface area contributed by atoms with E-state index in [1.807, 2.05) is 6.07 Å². The van der Waals surface area contributed by atoms with Gasteiger partial charge in [0.2, 0.25) is 0 Å². The van der Waals surface area contributed by atoms with E-state index in [4.69, 9.17) is 11.6 Å². The number of rotatable bonds is 1. The Balaban J connectivity index is 0.000000304. The van der Waals surface area contributed by atoms with Gasteiger partial charge in [-0.15, -0.1) is 17.7 Å². The molecule has 0 amide bonds. The molecule has 0 aliphatic rings. The van der Waals surface area contributed by atoms with E-state index in [1.165, 1.54) is 5.56 Å². The largest absolute Gasteiger partial charge is 1.00 e. The fourth-order valence-electron chi connectivity index (χ4n) is 1.84. The molecule has 24 heavy (non-hydrogen) atoms. The zero-order chi connectivity index (χ0) is 16.9. The van der Waals surface area contributed by atoms with Crippen LogP contribution in [0.25, 0.3) is 5.69 Å². The molecular formula is C20H21ClKN2-. The Bertz CT molecular complexity index is 728. The van der Waals surface area contributed by atoms with E-state index in [0.717, 1.165) is 16.4 Å². The summed E-state index contributed by atoms with van der Waals surface area (Å²) in [5.41, 5.74) is 3.45. The van der Waals surface area contributed by atoms with E-state index >= 15 is 0 Å². The second kappa shape index (κ2) is 9.90. The van der Waals surface area contributed by atoms with Crippen molar-refractivity contribution in [1.29, 1.82) is 0 Å². The first-order valence-corrected chi connectivity index (χ1v) is 7.91. The zero-order valence-corrected chi connectivity index (χ0v) is 18.8. The van der Waals surface area contributed by atoms with Gasteiger partial charge >= 0.3 is 51.4 Å². The summed E-state index contributed by atoms with van der Waals surface area (Å²) in [6, 6.07) is 20.2. The van der Waals surface area contributed by atoms with Gasteiger partial charge in [-0.3, -0.25) is 5.10 Å². The van der Waals surface area contributed by atoms with Crippen LogP contribution in [0.2, 0.25) is 5.02 Å². The van der Waals surface area contributed by atoms with Crippen molar-refractivity contribution >= 4 is 11.6 Å². The SMILES string of the molecule is Cc1ccc(-n2[c-]cc(C(C)(C)C)n2)cc1.Clc1cc[c-]cc1.[K+]. The smallest absolute Gasteiger partial charge is 0.360 e. The molecular weight excluding hydrogens is 343 g/mol. The summed E-state index contributed by atoms with van der Waals surface area (Å²) in [6.07, 6.45) is 3.15. The van der Waals surface area contributed by atoms with Gasteiger partial charge in [-0.05, 0) is 23.7 Å². The molecule has 0 aliphatic heterocycles. The Labute approximate surface area is 192 Å². The summed E-state index contributed by atoms with van der Waals surface area (Å²) < 4.78 is 1.81. The van der Waals surface area contributed by atoms with Crippen molar-refractivity contribution in [2.24, 2.45) is 0 Å². The summed E-state index contributed by atoms with van der Waals surface area (Å²) >= 11 is 5.52. The quantitative estimate of drug-likeness (QED) is 0.479. The van der Waals surface area contributed by atoms with Gasteiger partial charge < -0.3 is 4.68 Å². The van der Waals surface area contributed by atoms with Crippen molar-refractivity contribution in [2.45, 2.75) is 33.1 Å². The normalized spacial score (nSPS) is 10.4. The molecule has 2 nitrogen and oxygen atoms in total. The molecule has 120 valence electrons. The maximum atomic E-state index is 5.52. The van der Waals surface area contributed by atoms with Gasteiger partial charge in [-0.1, -0.05) is 61.8 Å². The number of aromatic nitrogens is 2. The second-order valence-electron chi connectivity index (χ2n) is 6.37. The third-order valence-electron chi connectivity index (χ3n) is 3.26. The molecule has 0 N–H and O–H groups in total. The van der Waals surface area contributed by atoms with Crippen molar-refractivity contribution in [3.63, 3.8) is 0 Å². The second-order valence-corrected chi connectivity index (χ2v) is 6.81. The molecule has 1 heterocycles. The molecule has 3 aromatic rings. The number of hydrogen-bond acceptors (Lipinski definition) is 1. The van der Waals surface area contributed by atoms with Crippen LogP contribution < -0.4 is 51.4 Å². The van der Waals surface area contributed by atoms with Crippen LogP contribution in [-0.4, -0.2) is 9.78 Å². The Morgan fingerprint density at radius 2 is 1.58 bits per heavy atom. The standard InChI is InChI=1S/C14H17N2.C6H4Cl.K/c1-11-5-7-12(8-6-11)16-10-9-13(15-16)14(2,3)4;7-6-4-2-1-3-5-6;/h5-9H,1-4H3;2-5H;/q2*-1;+1. The van der Waals surface area contributed by atoms with E-state index < -0.39 is 0 Å². The van der Waals surface area contributed by atoms with Crippen molar-refractivity contribution in [3.05, 3.63) is 83.1 Å². The number of nitrogens with zero attached hydrogens (tertiary/aromatic N) is 2. The van der Waals surface area contributed by atoms with Crippen LogP contribution in [0, 0.1) is 19.2 Å².